The summed E-state index contributed by atoms with van der Waals surface area (Å²) >= 11 is 2.55. The highest BCUT2D eigenvalue weighted by Gasteiger charge is 2.28. The van der Waals surface area contributed by atoms with Crippen molar-refractivity contribution < 1.29 is 29.0 Å². The van der Waals surface area contributed by atoms with Crippen LogP contribution in [0.25, 0.3) is 21.9 Å². The molecule has 0 aliphatic heterocycles. The Hall–Kier alpha value is -5.71. The second kappa shape index (κ2) is 15.2. The summed E-state index contributed by atoms with van der Waals surface area (Å²) in [6.07, 6.45) is 0. The third kappa shape index (κ3) is 7.46. The van der Waals surface area contributed by atoms with Crippen molar-refractivity contribution in [3.63, 3.8) is 0 Å². The minimum atomic E-state index is -1.12. The molecular weight excluding hydrogens is 669 g/mol. The molecule has 6 rings (SSSR count). The van der Waals surface area contributed by atoms with Crippen LogP contribution in [0, 0.1) is 6.92 Å². The van der Waals surface area contributed by atoms with Crippen LogP contribution in [0.4, 0.5) is 10.7 Å². The number of aromatic carboxylic acids is 1. The van der Waals surface area contributed by atoms with Gasteiger partial charge in [0.05, 0.1) is 12.2 Å². The summed E-state index contributed by atoms with van der Waals surface area (Å²) in [5.74, 6) is -2.44. The van der Waals surface area contributed by atoms with Gasteiger partial charge in [0, 0.05) is 32.5 Å². The van der Waals surface area contributed by atoms with E-state index in [-0.39, 0.29) is 23.6 Å². The molecule has 10 heteroatoms. The van der Waals surface area contributed by atoms with Gasteiger partial charge in [-0.1, -0.05) is 90.5 Å². The van der Waals surface area contributed by atoms with Gasteiger partial charge in [0.15, 0.2) is 0 Å². The average molecular weight is 701 g/mol. The molecule has 0 aliphatic rings. The van der Waals surface area contributed by atoms with Gasteiger partial charge < -0.3 is 20.5 Å². The number of esters is 1. The molecular formula is C40H32N2O6S2. The second-order valence-corrected chi connectivity index (χ2v) is 13.4. The Labute approximate surface area is 297 Å². The molecule has 8 nitrogen and oxygen atoms in total. The predicted molar refractivity (Wildman–Crippen MR) is 199 cm³/mol. The monoisotopic (exact) mass is 700 g/mol. The topological polar surface area (TPSA) is 122 Å². The zero-order valence-electron chi connectivity index (χ0n) is 27.1. The summed E-state index contributed by atoms with van der Waals surface area (Å²) in [4.78, 5) is 53.5. The Bertz CT molecular complexity index is 2210. The number of thioether (sulfide) groups is 1. The van der Waals surface area contributed by atoms with Crippen molar-refractivity contribution in [2.45, 2.75) is 24.0 Å². The predicted octanol–water partition coefficient (Wildman–Crippen LogP) is 9.48. The van der Waals surface area contributed by atoms with E-state index < -0.39 is 23.1 Å². The van der Waals surface area contributed by atoms with Crippen molar-refractivity contribution in [3.8, 4) is 11.1 Å². The first-order valence-corrected chi connectivity index (χ1v) is 17.5. The zero-order chi connectivity index (χ0) is 35.2. The van der Waals surface area contributed by atoms with Crippen molar-refractivity contribution in [1.82, 2.24) is 0 Å². The maximum atomic E-state index is 14.1. The molecule has 0 aliphatic carbocycles. The van der Waals surface area contributed by atoms with E-state index >= 15 is 0 Å². The Balaban J connectivity index is 1.28. The van der Waals surface area contributed by atoms with Crippen LogP contribution in [-0.4, -0.2) is 35.5 Å². The number of hydrogen-bond donors (Lipinski definition) is 3. The summed E-state index contributed by atoms with van der Waals surface area (Å²) in [5.41, 5.74) is 4.40. The van der Waals surface area contributed by atoms with E-state index in [0.717, 1.165) is 16.7 Å². The third-order valence-electron chi connectivity index (χ3n) is 7.94. The largest absolute Gasteiger partial charge is 0.478 e. The fourth-order valence-electron chi connectivity index (χ4n) is 5.57. The van der Waals surface area contributed by atoms with E-state index in [0.29, 0.717) is 37.5 Å². The molecule has 1 unspecified atom stereocenters. The first-order chi connectivity index (χ1) is 24.2. The van der Waals surface area contributed by atoms with Crippen molar-refractivity contribution in [2.75, 3.05) is 17.2 Å². The van der Waals surface area contributed by atoms with Crippen LogP contribution in [0.3, 0.4) is 0 Å². The molecule has 2 amide bonds. The molecule has 3 N–H and O–H groups in total. The number of amides is 2. The van der Waals surface area contributed by atoms with E-state index in [1.54, 1.807) is 55.5 Å². The van der Waals surface area contributed by atoms with E-state index in [4.69, 9.17) is 4.74 Å². The van der Waals surface area contributed by atoms with E-state index in [1.165, 1.54) is 29.2 Å². The number of ether oxygens (including phenoxy) is 1. The van der Waals surface area contributed by atoms with Crippen LogP contribution in [0.15, 0.2) is 126 Å². The van der Waals surface area contributed by atoms with Crippen LogP contribution >= 0.6 is 23.1 Å². The van der Waals surface area contributed by atoms with Gasteiger partial charge in [-0.2, -0.15) is 0 Å². The first-order valence-electron chi connectivity index (χ1n) is 15.8. The molecule has 0 saturated heterocycles. The number of nitrogens with one attached hydrogen (secondary N) is 2. The number of carboxylic acids is 1. The fraction of sp³-hybridized carbons (Fsp3) is 0.100. The van der Waals surface area contributed by atoms with Crippen molar-refractivity contribution in [3.05, 3.63) is 148 Å². The summed E-state index contributed by atoms with van der Waals surface area (Å²) in [6, 6.07) is 34.2. The fourth-order valence-corrected chi connectivity index (χ4v) is 7.61. The lowest BCUT2D eigenvalue weighted by molar-refractivity contribution is -0.115. The minimum absolute atomic E-state index is 0.0390. The molecule has 0 fully saturated rings. The van der Waals surface area contributed by atoms with Gasteiger partial charge in [-0.15, -0.1) is 23.1 Å². The third-order valence-corrected chi connectivity index (χ3v) is 10.1. The maximum absolute atomic E-state index is 14.1. The highest BCUT2D eigenvalue weighted by molar-refractivity contribution is 8.00. The van der Waals surface area contributed by atoms with Crippen molar-refractivity contribution in [2.24, 2.45) is 0 Å². The lowest BCUT2D eigenvalue weighted by atomic mass is 9.98. The normalized spacial score (nSPS) is 11.5. The van der Waals surface area contributed by atoms with Gasteiger partial charge in [-0.3, -0.25) is 9.59 Å². The Morgan fingerprint density at radius 3 is 2.22 bits per heavy atom. The number of carbonyl (C=O) groups is 4. The molecule has 1 heterocycles. The number of anilines is 2. The highest BCUT2D eigenvalue weighted by atomic mass is 32.2. The summed E-state index contributed by atoms with van der Waals surface area (Å²) in [6.45, 7) is 3.91. The van der Waals surface area contributed by atoms with E-state index in [2.05, 4.69) is 10.6 Å². The molecule has 0 saturated carbocycles. The molecule has 0 spiro atoms. The van der Waals surface area contributed by atoms with E-state index in [9.17, 15) is 24.3 Å². The van der Waals surface area contributed by atoms with Gasteiger partial charge in [-0.25, -0.2) is 9.59 Å². The number of thiophene rings is 1. The lowest BCUT2D eigenvalue weighted by Crippen LogP contribution is -2.20. The molecule has 50 heavy (non-hydrogen) atoms. The molecule has 250 valence electrons. The number of hydrogen-bond acceptors (Lipinski definition) is 7. The first kappa shape index (κ1) is 34.2. The Morgan fingerprint density at radius 2 is 1.52 bits per heavy atom. The minimum Gasteiger partial charge on any atom is -0.478 e. The van der Waals surface area contributed by atoms with Crippen LogP contribution in [0.2, 0.25) is 0 Å². The number of carbonyl (C=O) groups excluding carboxylic acids is 3. The van der Waals surface area contributed by atoms with Crippen LogP contribution in [0.5, 0.6) is 0 Å². The number of rotatable bonds is 11. The lowest BCUT2D eigenvalue weighted by Gasteiger charge is -2.18. The molecule has 5 aromatic carbocycles. The Kier molecular flexibility index (Phi) is 10.4. The summed E-state index contributed by atoms with van der Waals surface area (Å²) in [7, 11) is 0. The maximum Gasteiger partial charge on any atom is 0.341 e. The highest BCUT2D eigenvalue weighted by Crippen LogP contribution is 2.40. The van der Waals surface area contributed by atoms with Crippen LogP contribution in [0.1, 0.15) is 54.4 Å². The van der Waals surface area contributed by atoms with Gasteiger partial charge >= 0.3 is 11.9 Å². The molecule has 1 atom stereocenters. The van der Waals surface area contributed by atoms with Gasteiger partial charge in [0.2, 0.25) is 5.91 Å². The molecule has 0 radical (unpaired) electrons. The Morgan fingerprint density at radius 1 is 0.820 bits per heavy atom. The molecule has 6 aromatic rings. The SMILES string of the molecule is CCOC(=O)c1c(-c2ccc(C)cc2)csc1NC(=O)C(Sc1cccc(NC(=O)c2cccc3cccc(C(=O)O)c23)c1)c1ccccc1. The standard InChI is InChI=1S/C40H32N2O6S2/c1-3-48-40(47)34-32(25-20-18-24(2)19-21-25)23-49-38(34)42-37(44)35(27-10-5-4-6-11-27)50-29-15-9-14-28(22-29)41-36(43)30-16-7-12-26-13-8-17-31(33(26)30)39(45)46/h4-23,35H,3H2,1-2H3,(H,41,43)(H,42,44)(H,45,46). The number of benzene rings is 5. The van der Waals surface area contributed by atoms with Crippen molar-refractivity contribution >= 4 is 68.3 Å². The van der Waals surface area contributed by atoms with E-state index in [1.807, 2.05) is 73.0 Å². The molecule has 0 bridgehead atoms. The van der Waals surface area contributed by atoms with Crippen LogP contribution in [-0.2, 0) is 9.53 Å². The number of aryl methyl sites for hydroxylation is 1. The summed E-state index contributed by atoms with van der Waals surface area (Å²) < 4.78 is 5.40. The van der Waals surface area contributed by atoms with Gasteiger partial charge in [-0.05, 0) is 60.7 Å². The number of fused-ring (bicyclic) bond motifs is 1. The average Bonchev–Trinajstić information content (AvgIpc) is 3.54. The van der Waals surface area contributed by atoms with Crippen molar-refractivity contribution in [1.29, 1.82) is 0 Å². The smallest absolute Gasteiger partial charge is 0.341 e. The number of carboxylic acid groups (broad SMARTS) is 1. The van der Waals surface area contributed by atoms with Crippen LogP contribution < -0.4 is 10.6 Å². The van der Waals surface area contributed by atoms with Gasteiger partial charge in [0.1, 0.15) is 15.8 Å². The molecule has 1 aromatic heterocycles. The quantitative estimate of drug-likeness (QED) is 0.0909. The zero-order valence-corrected chi connectivity index (χ0v) is 28.8. The summed E-state index contributed by atoms with van der Waals surface area (Å²) in [5, 5.41) is 18.2. The van der Waals surface area contributed by atoms with Gasteiger partial charge in [0.25, 0.3) is 5.91 Å². The second-order valence-electron chi connectivity index (χ2n) is 11.3.